The van der Waals surface area contributed by atoms with E-state index >= 15 is 0 Å². The van der Waals surface area contributed by atoms with Crippen LogP contribution in [0.25, 0.3) is 0 Å². The molecule has 0 radical (unpaired) electrons. The van der Waals surface area contributed by atoms with E-state index in [2.05, 4.69) is 22.2 Å². The highest BCUT2D eigenvalue weighted by Crippen LogP contribution is 2.25. The lowest BCUT2D eigenvalue weighted by Crippen LogP contribution is -2.21. The molecule has 0 spiro atoms. The van der Waals surface area contributed by atoms with Gasteiger partial charge in [-0.1, -0.05) is 30.0 Å². The predicted molar refractivity (Wildman–Crippen MR) is 101 cm³/mol. The molecule has 126 valence electrons. The summed E-state index contributed by atoms with van der Waals surface area (Å²) in [5.74, 6) is 6.30. The summed E-state index contributed by atoms with van der Waals surface area (Å²) in [5, 5.41) is 2.75. The lowest BCUT2D eigenvalue weighted by atomic mass is 10.1. The molecule has 0 fully saturated rings. The number of nitrogens with one attached hydrogen (secondary N) is 1. The first-order chi connectivity index (χ1) is 12.2. The monoisotopic (exact) mass is 333 g/mol. The number of ether oxygens (including phenoxy) is 1. The molecular weight excluding hydrogens is 314 g/mol. The van der Waals surface area contributed by atoms with Crippen molar-refractivity contribution in [2.24, 2.45) is 10.7 Å². The number of nitrogens with zero attached hydrogens (tertiary/aromatic N) is 1. The fourth-order valence-electron chi connectivity index (χ4n) is 2.07. The summed E-state index contributed by atoms with van der Waals surface area (Å²) in [5.41, 5.74) is 7.77. The van der Waals surface area contributed by atoms with Gasteiger partial charge in [-0.15, -0.1) is 0 Å². The van der Waals surface area contributed by atoms with Crippen LogP contribution in [0.5, 0.6) is 5.75 Å². The molecule has 0 bridgehead atoms. The average molecular weight is 333 g/mol. The van der Waals surface area contributed by atoms with Gasteiger partial charge >= 0.3 is 0 Å². The van der Waals surface area contributed by atoms with Gasteiger partial charge in [-0.05, 0) is 42.6 Å². The summed E-state index contributed by atoms with van der Waals surface area (Å²) >= 11 is 0. The van der Waals surface area contributed by atoms with E-state index in [1.807, 2.05) is 36.4 Å². The molecular formula is C20H19N3O2. The maximum atomic E-state index is 12.2. The van der Waals surface area contributed by atoms with Crippen molar-refractivity contribution in [1.82, 2.24) is 0 Å². The number of rotatable bonds is 4. The molecule has 5 nitrogen and oxygen atoms in total. The van der Waals surface area contributed by atoms with E-state index in [1.54, 1.807) is 12.1 Å². The van der Waals surface area contributed by atoms with Crippen molar-refractivity contribution >= 4 is 17.3 Å². The summed E-state index contributed by atoms with van der Waals surface area (Å²) in [6.45, 7) is 0. The highest BCUT2D eigenvalue weighted by Gasteiger charge is 2.11. The molecule has 0 heterocycles. The van der Waals surface area contributed by atoms with Gasteiger partial charge in [0, 0.05) is 18.2 Å². The molecule has 2 rings (SSSR count). The topological polar surface area (TPSA) is 76.7 Å². The molecule has 0 aromatic heterocycles. The number of nitrogens with two attached hydrogens (primary N) is 1. The molecule has 0 unspecified atom stereocenters. The van der Waals surface area contributed by atoms with Crippen LogP contribution in [-0.2, 0) is 4.79 Å². The predicted octanol–water partition coefficient (Wildman–Crippen LogP) is 2.58. The Kier molecular flexibility index (Phi) is 6.38. The number of aliphatic imine (C=N–C) groups is 1. The smallest absolute Gasteiger partial charge is 0.273 e. The number of benzene rings is 2. The summed E-state index contributed by atoms with van der Waals surface area (Å²) < 4.78 is 5.35. The van der Waals surface area contributed by atoms with Gasteiger partial charge < -0.3 is 15.8 Å². The average Bonchev–Trinajstić information content (AvgIpc) is 2.65. The minimum absolute atomic E-state index is 0.220. The zero-order chi connectivity index (χ0) is 18.1. The number of amides is 1. The van der Waals surface area contributed by atoms with Crippen molar-refractivity contribution < 1.29 is 9.53 Å². The zero-order valence-electron chi connectivity index (χ0n) is 14.1. The van der Waals surface area contributed by atoms with E-state index < -0.39 is 0 Å². The lowest BCUT2D eigenvalue weighted by molar-refractivity contribution is -0.110. The van der Waals surface area contributed by atoms with Crippen molar-refractivity contribution in [3.05, 3.63) is 71.9 Å². The lowest BCUT2D eigenvalue weighted by Gasteiger charge is -2.10. The second-order valence-corrected chi connectivity index (χ2v) is 4.95. The van der Waals surface area contributed by atoms with E-state index in [4.69, 9.17) is 10.5 Å². The Labute approximate surface area is 147 Å². The van der Waals surface area contributed by atoms with Gasteiger partial charge in [0.15, 0.2) is 0 Å². The van der Waals surface area contributed by atoms with Gasteiger partial charge in [0.2, 0.25) is 0 Å². The third-order valence-electron chi connectivity index (χ3n) is 3.30. The molecule has 2 aromatic rings. The van der Waals surface area contributed by atoms with Crippen LogP contribution in [-0.4, -0.2) is 25.8 Å². The molecule has 0 aliphatic heterocycles. The maximum Gasteiger partial charge on any atom is 0.273 e. The normalized spacial score (nSPS) is 10.9. The Morgan fingerprint density at radius 1 is 1.16 bits per heavy atom. The van der Waals surface area contributed by atoms with Gasteiger partial charge in [0.05, 0.1) is 12.8 Å². The standard InChI is InChI=1S/C20H19N3O2/c1-22-18(12-13-21)20(24)23-17-11-10-16(14-19(17)25-2)9-8-15-6-4-3-5-7-15/h3-7,10-14H,21H2,1-2H3,(H,23,24)/b13-12-,22-18?. The van der Waals surface area contributed by atoms with Crippen LogP contribution in [0.3, 0.4) is 0 Å². The zero-order valence-corrected chi connectivity index (χ0v) is 14.1. The van der Waals surface area contributed by atoms with Crippen molar-refractivity contribution in [1.29, 1.82) is 0 Å². The van der Waals surface area contributed by atoms with Crippen LogP contribution >= 0.6 is 0 Å². The molecule has 0 saturated carbocycles. The third-order valence-corrected chi connectivity index (χ3v) is 3.30. The number of hydrogen-bond donors (Lipinski definition) is 2. The summed E-state index contributed by atoms with van der Waals surface area (Å²) in [6, 6.07) is 15.0. The van der Waals surface area contributed by atoms with Gasteiger partial charge in [-0.2, -0.15) is 0 Å². The minimum atomic E-state index is -0.370. The van der Waals surface area contributed by atoms with Gasteiger partial charge in [0.1, 0.15) is 11.5 Å². The molecule has 0 aliphatic carbocycles. The second-order valence-electron chi connectivity index (χ2n) is 4.95. The molecule has 0 atom stereocenters. The Hall–Kier alpha value is -3.52. The van der Waals surface area contributed by atoms with Crippen LogP contribution < -0.4 is 15.8 Å². The van der Waals surface area contributed by atoms with E-state index in [1.165, 1.54) is 26.4 Å². The number of anilines is 1. The fraction of sp³-hybridized carbons (Fsp3) is 0.100. The highest BCUT2D eigenvalue weighted by atomic mass is 16.5. The fourth-order valence-corrected chi connectivity index (χ4v) is 2.07. The van der Waals surface area contributed by atoms with Crippen LogP contribution in [0.4, 0.5) is 5.69 Å². The largest absolute Gasteiger partial charge is 0.495 e. The van der Waals surface area contributed by atoms with Crippen LogP contribution in [0.1, 0.15) is 11.1 Å². The van der Waals surface area contributed by atoms with Crippen LogP contribution in [0.15, 0.2) is 65.8 Å². The summed E-state index contributed by atoms with van der Waals surface area (Å²) in [7, 11) is 3.06. The van der Waals surface area contributed by atoms with Crippen molar-refractivity contribution in [3.63, 3.8) is 0 Å². The molecule has 3 N–H and O–H groups in total. The van der Waals surface area contributed by atoms with Crippen molar-refractivity contribution in [2.45, 2.75) is 0 Å². The van der Waals surface area contributed by atoms with E-state index in [0.29, 0.717) is 11.4 Å². The Morgan fingerprint density at radius 2 is 1.88 bits per heavy atom. The molecule has 2 aromatic carbocycles. The van der Waals surface area contributed by atoms with E-state index in [9.17, 15) is 4.79 Å². The number of carbonyl (C=O) groups is 1. The number of carbonyl (C=O) groups excluding carboxylic acids is 1. The molecule has 1 amide bonds. The Balaban J connectivity index is 2.22. The molecule has 5 heteroatoms. The minimum Gasteiger partial charge on any atom is -0.495 e. The van der Waals surface area contributed by atoms with Crippen LogP contribution in [0.2, 0.25) is 0 Å². The van der Waals surface area contributed by atoms with Crippen LogP contribution in [0, 0.1) is 11.8 Å². The van der Waals surface area contributed by atoms with Crippen molar-refractivity contribution in [3.8, 4) is 17.6 Å². The second kappa shape index (κ2) is 8.94. The molecule has 25 heavy (non-hydrogen) atoms. The Bertz CT molecular complexity index is 860. The first kappa shape index (κ1) is 17.8. The first-order valence-electron chi connectivity index (χ1n) is 7.59. The third kappa shape index (κ3) is 4.98. The quantitative estimate of drug-likeness (QED) is 0.667. The van der Waals surface area contributed by atoms with Crippen molar-refractivity contribution in [2.75, 3.05) is 19.5 Å². The first-order valence-corrected chi connectivity index (χ1v) is 7.59. The molecule has 0 aliphatic rings. The van der Waals surface area contributed by atoms with E-state index in [0.717, 1.165) is 11.1 Å². The van der Waals surface area contributed by atoms with Gasteiger partial charge in [0.25, 0.3) is 5.91 Å². The van der Waals surface area contributed by atoms with Gasteiger partial charge in [-0.25, -0.2) is 0 Å². The molecule has 0 saturated heterocycles. The maximum absolute atomic E-state index is 12.2. The number of methoxy groups -OCH3 is 1. The Morgan fingerprint density at radius 3 is 2.52 bits per heavy atom. The number of hydrogen-bond acceptors (Lipinski definition) is 4. The highest BCUT2D eigenvalue weighted by molar-refractivity contribution is 6.47. The van der Waals surface area contributed by atoms with E-state index in [-0.39, 0.29) is 11.6 Å². The summed E-state index contributed by atoms with van der Waals surface area (Å²) in [4.78, 5) is 16.0. The SMILES string of the molecule is CN=C(/C=C\N)C(=O)Nc1ccc(C#Cc2ccccc2)cc1OC. The van der Waals surface area contributed by atoms with Gasteiger partial charge in [-0.3, -0.25) is 9.79 Å². The summed E-state index contributed by atoms with van der Waals surface area (Å²) in [6.07, 6.45) is 2.70.